The van der Waals surface area contributed by atoms with E-state index in [4.69, 9.17) is 0 Å². The van der Waals surface area contributed by atoms with Crippen molar-refractivity contribution in [1.82, 2.24) is 14.8 Å². The Hall–Kier alpha value is -2.23. The van der Waals surface area contributed by atoms with Crippen molar-refractivity contribution in [3.8, 4) is 0 Å². The van der Waals surface area contributed by atoms with Gasteiger partial charge in [0, 0.05) is 36.9 Å². The summed E-state index contributed by atoms with van der Waals surface area (Å²) in [6, 6.07) is 8.34. The largest absolute Gasteiger partial charge is 0.378 e. The number of fused-ring (bicyclic) bond motifs is 1. The van der Waals surface area contributed by atoms with Gasteiger partial charge >= 0.3 is 0 Å². The summed E-state index contributed by atoms with van der Waals surface area (Å²) in [5.74, 6) is 0. The standard InChI is InChI=1S/C14H16N4/c1-10-14(9-18(2)17-10)16-8-11-7-15-13-6-4-3-5-12(11)13/h3-7,9,15-16H,8H2,1-2H3. The first-order valence-electron chi connectivity index (χ1n) is 6.03. The lowest BCUT2D eigenvalue weighted by molar-refractivity contribution is 0.756. The van der Waals surface area contributed by atoms with Gasteiger partial charge in [-0.25, -0.2) is 0 Å². The second kappa shape index (κ2) is 4.22. The summed E-state index contributed by atoms with van der Waals surface area (Å²) >= 11 is 0. The predicted molar refractivity (Wildman–Crippen MR) is 73.6 cm³/mol. The van der Waals surface area contributed by atoms with Crippen LogP contribution in [0.25, 0.3) is 10.9 Å². The van der Waals surface area contributed by atoms with Gasteiger partial charge < -0.3 is 10.3 Å². The zero-order chi connectivity index (χ0) is 12.5. The molecule has 0 aliphatic heterocycles. The van der Waals surface area contributed by atoms with Crippen LogP contribution in [0.15, 0.2) is 36.7 Å². The van der Waals surface area contributed by atoms with Crippen LogP contribution in [0.1, 0.15) is 11.3 Å². The second-order valence-electron chi connectivity index (χ2n) is 4.51. The van der Waals surface area contributed by atoms with Crippen molar-refractivity contribution in [2.75, 3.05) is 5.32 Å². The van der Waals surface area contributed by atoms with E-state index in [-0.39, 0.29) is 0 Å². The number of hydrogen-bond donors (Lipinski definition) is 2. The minimum absolute atomic E-state index is 0.802. The molecule has 4 nitrogen and oxygen atoms in total. The Balaban J connectivity index is 1.83. The third-order valence-electron chi connectivity index (χ3n) is 3.16. The molecule has 0 saturated heterocycles. The molecule has 2 N–H and O–H groups in total. The molecule has 1 aromatic carbocycles. The van der Waals surface area contributed by atoms with E-state index >= 15 is 0 Å². The van der Waals surface area contributed by atoms with Crippen molar-refractivity contribution >= 4 is 16.6 Å². The normalized spacial score (nSPS) is 11.0. The molecule has 0 atom stereocenters. The van der Waals surface area contributed by atoms with E-state index in [0.29, 0.717) is 0 Å². The van der Waals surface area contributed by atoms with Gasteiger partial charge in [-0.1, -0.05) is 18.2 Å². The molecule has 2 aromatic heterocycles. The molecule has 0 aliphatic rings. The van der Waals surface area contributed by atoms with Crippen LogP contribution in [0.2, 0.25) is 0 Å². The van der Waals surface area contributed by atoms with Gasteiger partial charge in [0.2, 0.25) is 0 Å². The van der Waals surface area contributed by atoms with E-state index < -0.39 is 0 Å². The Bertz CT molecular complexity index is 678. The maximum Gasteiger partial charge on any atom is 0.0825 e. The minimum atomic E-state index is 0.802. The average molecular weight is 240 g/mol. The highest BCUT2D eigenvalue weighted by molar-refractivity contribution is 5.83. The first-order chi connectivity index (χ1) is 8.74. The van der Waals surface area contributed by atoms with E-state index in [1.54, 1.807) is 0 Å². The van der Waals surface area contributed by atoms with Crippen LogP contribution in [0.4, 0.5) is 5.69 Å². The SMILES string of the molecule is Cc1nn(C)cc1NCc1c[nH]c2ccccc12. The number of aromatic nitrogens is 3. The fourth-order valence-corrected chi connectivity index (χ4v) is 2.24. The lowest BCUT2D eigenvalue weighted by Gasteiger charge is -2.03. The molecule has 0 saturated carbocycles. The maximum atomic E-state index is 4.32. The number of anilines is 1. The van der Waals surface area contributed by atoms with Crippen LogP contribution in [0.3, 0.4) is 0 Å². The third-order valence-corrected chi connectivity index (χ3v) is 3.16. The fraction of sp³-hybridized carbons (Fsp3) is 0.214. The summed E-state index contributed by atoms with van der Waals surface area (Å²) in [6.45, 7) is 2.81. The molecule has 0 amide bonds. The quantitative estimate of drug-likeness (QED) is 0.739. The molecule has 92 valence electrons. The number of aromatic amines is 1. The van der Waals surface area contributed by atoms with Gasteiger partial charge in [-0.3, -0.25) is 4.68 Å². The van der Waals surface area contributed by atoms with Crippen molar-refractivity contribution in [2.24, 2.45) is 7.05 Å². The van der Waals surface area contributed by atoms with Gasteiger partial charge in [0.1, 0.15) is 0 Å². The summed E-state index contributed by atoms with van der Waals surface area (Å²) in [5, 5.41) is 9.01. The van der Waals surface area contributed by atoms with Gasteiger partial charge in [0.15, 0.2) is 0 Å². The Morgan fingerprint density at radius 2 is 2.17 bits per heavy atom. The minimum Gasteiger partial charge on any atom is -0.378 e. The zero-order valence-corrected chi connectivity index (χ0v) is 10.6. The molecule has 0 aliphatic carbocycles. The third kappa shape index (κ3) is 1.86. The molecule has 0 bridgehead atoms. The van der Waals surface area contributed by atoms with Crippen LogP contribution in [-0.2, 0) is 13.6 Å². The number of rotatable bonds is 3. The van der Waals surface area contributed by atoms with Crippen LogP contribution in [0, 0.1) is 6.92 Å². The van der Waals surface area contributed by atoms with Crippen molar-refractivity contribution in [1.29, 1.82) is 0 Å². The molecule has 0 spiro atoms. The molecule has 2 heterocycles. The molecule has 4 heteroatoms. The number of nitrogens with one attached hydrogen (secondary N) is 2. The predicted octanol–water partition coefficient (Wildman–Crippen LogP) is 2.82. The Kier molecular flexibility index (Phi) is 2.55. The highest BCUT2D eigenvalue weighted by Crippen LogP contribution is 2.19. The first kappa shape index (κ1) is 10.9. The monoisotopic (exact) mass is 240 g/mol. The topological polar surface area (TPSA) is 45.6 Å². The summed E-state index contributed by atoms with van der Waals surface area (Å²) in [6.07, 6.45) is 4.06. The van der Waals surface area contributed by atoms with E-state index in [0.717, 1.165) is 17.9 Å². The number of hydrogen-bond acceptors (Lipinski definition) is 2. The van der Waals surface area contributed by atoms with Gasteiger partial charge in [0.25, 0.3) is 0 Å². The van der Waals surface area contributed by atoms with Crippen LogP contribution in [-0.4, -0.2) is 14.8 Å². The smallest absolute Gasteiger partial charge is 0.0825 e. The summed E-state index contributed by atoms with van der Waals surface area (Å²) in [7, 11) is 1.93. The van der Waals surface area contributed by atoms with Crippen molar-refractivity contribution in [3.05, 3.63) is 47.9 Å². The van der Waals surface area contributed by atoms with Gasteiger partial charge in [-0.05, 0) is 18.6 Å². The van der Waals surface area contributed by atoms with E-state index in [2.05, 4.69) is 39.8 Å². The van der Waals surface area contributed by atoms with Crippen molar-refractivity contribution < 1.29 is 0 Å². The maximum absolute atomic E-state index is 4.32. The lowest BCUT2D eigenvalue weighted by atomic mass is 10.2. The van der Waals surface area contributed by atoms with Crippen molar-refractivity contribution in [3.63, 3.8) is 0 Å². The molecular formula is C14H16N4. The highest BCUT2D eigenvalue weighted by atomic mass is 15.3. The van der Waals surface area contributed by atoms with Gasteiger partial charge in [-0.15, -0.1) is 0 Å². The first-order valence-corrected chi connectivity index (χ1v) is 6.03. The zero-order valence-electron chi connectivity index (χ0n) is 10.6. The van der Waals surface area contributed by atoms with Gasteiger partial charge in [0.05, 0.1) is 11.4 Å². The Morgan fingerprint density at radius 1 is 1.33 bits per heavy atom. The number of H-pyrrole nitrogens is 1. The van der Waals surface area contributed by atoms with Crippen LogP contribution in [0.5, 0.6) is 0 Å². The summed E-state index contributed by atoms with van der Waals surface area (Å²) < 4.78 is 1.83. The van der Waals surface area contributed by atoms with Gasteiger partial charge in [-0.2, -0.15) is 5.10 Å². The van der Waals surface area contributed by atoms with Crippen molar-refractivity contribution in [2.45, 2.75) is 13.5 Å². The fourth-order valence-electron chi connectivity index (χ4n) is 2.24. The number of para-hydroxylation sites is 1. The number of nitrogens with zero attached hydrogens (tertiary/aromatic N) is 2. The molecular weight excluding hydrogens is 224 g/mol. The highest BCUT2D eigenvalue weighted by Gasteiger charge is 2.05. The van der Waals surface area contributed by atoms with E-state index in [1.165, 1.54) is 16.5 Å². The molecule has 0 unspecified atom stereocenters. The summed E-state index contributed by atoms with van der Waals surface area (Å²) in [4.78, 5) is 3.28. The Morgan fingerprint density at radius 3 is 2.94 bits per heavy atom. The molecule has 0 radical (unpaired) electrons. The van der Waals surface area contributed by atoms with E-state index in [1.807, 2.05) is 30.9 Å². The number of benzene rings is 1. The average Bonchev–Trinajstić information content (AvgIpc) is 2.90. The van der Waals surface area contributed by atoms with Crippen LogP contribution >= 0.6 is 0 Å². The number of aryl methyl sites for hydroxylation is 2. The molecule has 18 heavy (non-hydrogen) atoms. The second-order valence-corrected chi connectivity index (χ2v) is 4.51. The Labute approximate surface area is 106 Å². The summed E-state index contributed by atoms with van der Waals surface area (Å²) in [5.41, 5.74) is 4.56. The molecule has 3 rings (SSSR count). The lowest BCUT2D eigenvalue weighted by Crippen LogP contribution is -1.98. The molecule has 3 aromatic rings. The van der Waals surface area contributed by atoms with E-state index in [9.17, 15) is 0 Å². The van der Waals surface area contributed by atoms with Crippen LogP contribution < -0.4 is 5.32 Å². The molecule has 0 fully saturated rings.